The minimum absolute atomic E-state index is 0.604. The SMILES string of the molecule is CCCC[S+](CCCCCCCCCCCCCCCC1CCCO1)CCCc1ccccc1. The second-order valence-electron chi connectivity index (χ2n) is 10.7. The summed E-state index contributed by atoms with van der Waals surface area (Å²) in [4.78, 5) is 0. The van der Waals surface area contributed by atoms with E-state index in [2.05, 4.69) is 37.3 Å². The Bertz CT molecular complexity index is 539. The Kier molecular flexibility index (Phi) is 19.1. The second-order valence-corrected chi connectivity index (χ2v) is 13.1. The summed E-state index contributed by atoms with van der Waals surface area (Å²) in [5, 5.41) is 0. The summed E-state index contributed by atoms with van der Waals surface area (Å²) in [7, 11) is 0.679. The lowest BCUT2D eigenvalue weighted by Crippen LogP contribution is -2.17. The minimum atomic E-state index is 0.604. The van der Waals surface area contributed by atoms with Crippen molar-refractivity contribution in [2.45, 2.75) is 141 Å². The zero-order chi connectivity index (χ0) is 23.9. The van der Waals surface area contributed by atoms with Gasteiger partial charge in [0, 0.05) is 6.61 Å². The van der Waals surface area contributed by atoms with Crippen molar-refractivity contribution in [3.8, 4) is 0 Å². The van der Waals surface area contributed by atoms with Crippen LogP contribution in [0.4, 0.5) is 0 Å². The van der Waals surface area contributed by atoms with Crippen molar-refractivity contribution < 1.29 is 4.74 Å². The van der Waals surface area contributed by atoms with E-state index in [1.807, 2.05) is 0 Å². The molecule has 0 aromatic heterocycles. The molecule has 1 aliphatic rings. The van der Waals surface area contributed by atoms with E-state index >= 15 is 0 Å². The van der Waals surface area contributed by atoms with Gasteiger partial charge in [-0.3, -0.25) is 0 Å². The number of hydrogen-bond donors (Lipinski definition) is 0. The lowest BCUT2D eigenvalue weighted by molar-refractivity contribution is 0.102. The summed E-state index contributed by atoms with van der Waals surface area (Å²) in [5.41, 5.74) is 1.52. The highest BCUT2D eigenvalue weighted by molar-refractivity contribution is 7.96. The highest BCUT2D eigenvalue weighted by atomic mass is 32.2. The van der Waals surface area contributed by atoms with E-state index in [1.165, 1.54) is 151 Å². The summed E-state index contributed by atoms with van der Waals surface area (Å²) in [6.07, 6.45) is 28.9. The summed E-state index contributed by atoms with van der Waals surface area (Å²) < 4.78 is 5.72. The van der Waals surface area contributed by atoms with Gasteiger partial charge in [0.15, 0.2) is 0 Å². The fraction of sp³-hybridized carbons (Fsp3) is 0.812. The Hall–Kier alpha value is -0.470. The van der Waals surface area contributed by atoms with Crippen molar-refractivity contribution in [3.05, 3.63) is 35.9 Å². The van der Waals surface area contributed by atoms with E-state index < -0.39 is 0 Å². The van der Waals surface area contributed by atoms with Gasteiger partial charge in [0.2, 0.25) is 0 Å². The van der Waals surface area contributed by atoms with Crippen molar-refractivity contribution in [2.24, 2.45) is 0 Å². The van der Waals surface area contributed by atoms with Gasteiger partial charge in [0.05, 0.1) is 6.10 Å². The summed E-state index contributed by atoms with van der Waals surface area (Å²) in [6.45, 7) is 3.36. The van der Waals surface area contributed by atoms with Crippen LogP contribution in [0.15, 0.2) is 30.3 Å². The molecule has 2 heteroatoms. The van der Waals surface area contributed by atoms with E-state index in [0.717, 1.165) is 6.61 Å². The van der Waals surface area contributed by atoms with Gasteiger partial charge >= 0.3 is 0 Å². The van der Waals surface area contributed by atoms with Crippen molar-refractivity contribution >= 4 is 10.9 Å². The Labute approximate surface area is 216 Å². The maximum atomic E-state index is 5.72. The van der Waals surface area contributed by atoms with Crippen LogP contribution in [0.1, 0.15) is 134 Å². The first-order valence-corrected chi connectivity index (χ1v) is 16.9. The van der Waals surface area contributed by atoms with Crippen LogP contribution < -0.4 is 0 Å². The van der Waals surface area contributed by atoms with Crippen molar-refractivity contribution in [3.63, 3.8) is 0 Å². The van der Waals surface area contributed by atoms with Gasteiger partial charge in [-0.2, -0.15) is 0 Å². The lowest BCUT2D eigenvalue weighted by atomic mass is 10.0. The molecular weight excluding hydrogens is 432 g/mol. The average Bonchev–Trinajstić information content (AvgIpc) is 3.38. The molecule has 34 heavy (non-hydrogen) atoms. The van der Waals surface area contributed by atoms with Crippen molar-refractivity contribution in [1.29, 1.82) is 0 Å². The molecule has 1 aromatic rings. The first-order chi connectivity index (χ1) is 16.9. The molecule has 1 fully saturated rings. The van der Waals surface area contributed by atoms with Crippen LogP contribution in [-0.2, 0) is 22.1 Å². The third kappa shape index (κ3) is 16.2. The number of aryl methyl sites for hydroxylation is 1. The summed E-state index contributed by atoms with van der Waals surface area (Å²) in [6, 6.07) is 11.1. The fourth-order valence-electron chi connectivity index (χ4n) is 5.27. The second kappa shape index (κ2) is 21.8. The molecule has 1 nitrogen and oxygen atoms in total. The third-order valence-corrected chi connectivity index (χ3v) is 10.1. The molecule has 1 aliphatic heterocycles. The molecule has 1 heterocycles. The molecule has 0 amide bonds. The first kappa shape index (κ1) is 29.8. The molecule has 1 saturated heterocycles. The first-order valence-electron chi connectivity index (χ1n) is 15.2. The van der Waals surface area contributed by atoms with E-state index in [1.54, 1.807) is 0 Å². The van der Waals surface area contributed by atoms with E-state index in [4.69, 9.17) is 4.74 Å². The molecule has 0 N–H and O–H groups in total. The topological polar surface area (TPSA) is 9.23 Å². The van der Waals surface area contributed by atoms with Crippen LogP contribution in [0.2, 0.25) is 0 Å². The maximum Gasteiger partial charge on any atom is 0.108 e. The monoisotopic (exact) mass is 489 g/mol. The molecule has 0 radical (unpaired) electrons. The molecule has 2 rings (SSSR count). The average molecular weight is 490 g/mol. The quantitative estimate of drug-likeness (QED) is 0.110. The summed E-state index contributed by atoms with van der Waals surface area (Å²) in [5.74, 6) is 4.45. The molecule has 0 bridgehead atoms. The van der Waals surface area contributed by atoms with Crippen molar-refractivity contribution in [2.75, 3.05) is 23.9 Å². The van der Waals surface area contributed by atoms with Crippen LogP contribution >= 0.6 is 0 Å². The normalized spacial score (nSPS) is 16.8. The summed E-state index contributed by atoms with van der Waals surface area (Å²) >= 11 is 0. The molecule has 2 atom stereocenters. The highest BCUT2D eigenvalue weighted by Gasteiger charge is 2.16. The number of ether oxygens (including phenoxy) is 1. The molecule has 0 spiro atoms. The molecule has 0 saturated carbocycles. The minimum Gasteiger partial charge on any atom is -0.378 e. The predicted octanol–water partition coefficient (Wildman–Crippen LogP) is 9.68. The van der Waals surface area contributed by atoms with Crippen LogP contribution in [0.3, 0.4) is 0 Å². The third-order valence-electron chi connectivity index (χ3n) is 7.51. The van der Waals surface area contributed by atoms with E-state index in [9.17, 15) is 0 Å². The number of benzene rings is 1. The van der Waals surface area contributed by atoms with Gasteiger partial charge in [-0.1, -0.05) is 114 Å². The smallest absolute Gasteiger partial charge is 0.108 e. The number of unbranched alkanes of at least 4 members (excludes halogenated alkanes) is 13. The van der Waals surface area contributed by atoms with Gasteiger partial charge < -0.3 is 4.74 Å². The molecule has 2 unspecified atom stereocenters. The maximum absolute atomic E-state index is 5.72. The molecule has 196 valence electrons. The fourth-order valence-corrected chi connectivity index (χ4v) is 7.75. The Balaban J connectivity index is 1.33. The Morgan fingerprint density at radius 1 is 0.676 bits per heavy atom. The zero-order valence-electron chi connectivity index (χ0n) is 22.8. The van der Waals surface area contributed by atoms with Crippen LogP contribution in [0.5, 0.6) is 0 Å². The van der Waals surface area contributed by atoms with Gasteiger partial charge in [0.1, 0.15) is 17.3 Å². The predicted molar refractivity (Wildman–Crippen MR) is 155 cm³/mol. The lowest BCUT2D eigenvalue weighted by Gasteiger charge is -2.09. The zero-order valence-corrected chi connectivity index (χ0v) is 23.6. The van der Waals surface area contributed by atoms with Gasteiger partial charge in [-0.15, -0.1) is 0 Å². The van der Waals surface area contributed by atoms with Gasteiger partial charge in [-0.05, 0) is 67.8 Å². The number of rotatable bonds is 23. The Morgan fingerprint density at radius 2 is 1.24 bits per heavy atom. The molecule has 0 aliphatic carbocycles. The van der Waals surface area contributed by atoms with E-state index in [0.29, 0.717) is 17.0 Å². The largest absolute Gasteiger partial charge is 0.378 e. The molecular formula is C32H57OS+. The molecule has 1 aromatic carbocycles. The van der Waals surface area contributed by atoms with Gasteiger partial charge in [-0.25, -0.2) is 0 Å². The van der Waals surface area contributed by atoms with Gasteiger partial charge in [0.25, 0.3) is 0 Å². The van der Waals surface area contributed by atoms with E-state index in [-0.39, 0.29) is 0 Å². The Morgan fingerprint density at radius 3 is 1.82 bits per heavy atom. The van der Waals surface area contributed by atoms with Crippen LogP contribution in [-0.4, -0.2) is 30.0 Å². The van der Waals surface area contributed by atoms with Crippen molar-refractivity contribution in [1.82, 2.24) is 0 Å². The van der Waals surface area contributed by atoms with Crippen LogP contribution in [0.25, 0.3) is 0 Å². The number of hydrogen-bond acceptors (Lipinski definition) is 1. The standard InChI is InChI=1S/C32H57OS/c1-2-3-28-34(30-21-24-31-22-16-15-17-23-31)29-19-14-12-10-8-6-4-5-7-9-11-13-18-25-32-26-20-27-33-32/h15-17,22-23,32H,2-14,18-21,24-30H2,1H3/q+1. The highest BCUT2D eigenvalue weighted by Crippen LogP contribution is 2.19. The van der Waals surface area contributed by atoms with Crippen LogP contribution in [0, 0.1) is 0 Å².